The molecule has 486 valence electrons. The number of nitrogens with zero attached hydrogens (tertiary/aromatic N) is 7. The highest BCUT2D eigenvalue weighted by molar-refractivity contribution is 8.00. The summed E-state index contributed by atoms with van der Waals surface area (Å²) in [6.45, 7) is 15.6. The van der Waals surface area contributed by atoms with E-state index in [0.29, 0.717) is 82.4 Å². The van der Waals surface area contributed by atoms with Gasteiger partial charge in [-0.25, -0.2) is 19.6 Å². The van der Waals surface area contributed by atoms with Crippen LogP contribution in [0.1, 0.15) is 129 Å². The molecule has 2 aromatic heterocycles. The number of benzene rings is 4. The number of fused-ring (bicyclic) bond motifs is 4. The van der Waals surface area contributed by atoms with E-state index >= 15 is 0 Å². The van der Waals surface area contributed by atoms with Crippen molar-refractivity contribution in [3.63, 3.8) is 0 Å². The summed E-state index contributed by atoms with van der Waals surface area (Å²) in [4.78, 5) is 82.9. The highest BCUT2D eigenvalue weighted by atomic mass is 32.2. The lowest BCUT2D eigenvalue weighted by Gasteiger charge is -2.30. The number of ether oxygens (including phenoxy) is 6. The number of carbonyl (C=O) groups is 4. The zero-order valence-corrected chi connectivity index (χ0v) is 56.2. The predicted molar refractivity (Wildman–Crippen MR) is 365 cm³/mol. The molecule has 8 aliphatic rings. The van der Waals surface area contributed by atoms with Crippen LogP contribution in [-0.2, 0) is 19.1 Å². The Morgan fingerprint density at radius 1 is 0.570 bits per heavy atom. The molecule has 20 nitrogen and oxygen atoms in total. The maximum Gasteiger partial charge on any atom is 0.411 e. The Labute approximate surface area is 554 Å². The number of thioether (sulfide) groups is 3. The fourth-order valence-corrected chi connectivity index (χ4v) is 16.1. The molecule has 3 N–H and O–H groups in total. The van der Waals surface area contributed by atoms with Crippen LogP contribution in [0, 0.1) is 17.8 Å². The number of carbonyl (C=O) groups excluding carboxylic acids is 4. The summed E-state index contributed by atoms with van der Waals surface area (Å²) in [7, 11) is 1.29. The second kappa shape index (κ2) is 26.7. The molecule has 6 aromatic rings. The molecule has 3 saturated heterocycles. The van der Waals surface area contributed by atoms with E-state index in [1.165, 1.54) is 32.8 Å². The molecule has 1 aliphatic carbocycles. The maximum atomic E-state index is 13.6. The minimum Gasteiger partial charge on any atom is -0.453 e. The third-order valence-corrected chi connectivity index (χ3v) is 21.2. The van der Waals surface area contributed by atoms with Crippen molar-refractivity contribution in [2.45, 2.75) is 130 Å². The molecule has 0 bridgehead atoms. The predicted octanol–water partition coefficient (Wildman–Crippen LogP) is 15.4. The summed E-state index contributed by atoms with van der Waals surface area (Å²) in [6.07, 6.45) is 12.8. The van der Waals surface area contributed by atoms with Gasteiger partial charge in [0.2, 0.25) is 11.8 Å². The summed E-state index contributed by atoms with van der Waals surface area (Å²) >= 11 is 5.15. The SMILES string of the molecule is CC(C)(C)OC(=O)N1CSC[C@@H]1C1=NC=C(c2ccc3c(c2)Oc2ccc(-c4cnc(C5CCCC5)[nH]4)cc2O3)C1.COC(=O)N[C@H](C(=O)N1CSC[C@H]1C1=NC=C(c2ccc3c(c2)Oc2ccc(-c4cnc([C@@H]5CSCN5C(=O)[C@@H](C)C(C)C)[nH]4)cc2O3)C1)C(C)C. The zero-order chi connectivity index (χ0) is 64.8. The summed E-state index contributed by atoms with van der Waals surface area (Å²) in [5.41, 5.74) is 9.23. The van der Waals surface area contributed by atoms with Gasteiger partial charge in [0, 0.05) is 76.9 Å². The van der Waals surface area contributed by atoms with E-state index in [1.807, 2.05) is 149 Å². The molecule has 0 unspecified atom stereocenters. The molecule has 0 spiro atoms. The lowest BCUT2D eigenvalue weighted by atomic mass is 9.96. The number of aromatic amines is 2. The van der Waals surface area contributed by atoms with Crippen LogP contribution in [0.15, 0.2) is 108 Å². The van der Waals surface area contributed by atoms with Crippen molar-refractivity contribution in [3.05, 3.63) is 120 Å². The number of allylic oxidation sites excluding steroid dienone is 2. The minimum absolute atomic E-state index is 0.0470. The molecule has 93 heavy (non-hydrogen) atoms. The van der Waals surface area contributed by atoms with Gasteiger partial charge in [-0.1, -0.05) is 59.6 Å². The number of H-pyrrole nitrogens is 2. The fourth-order valence-electron chi connectivity index (χ4n) is 12.6. The van der Waals surface area contributed by atoms with Crippen LogP contribution in [0.4, 0.5) is 9.59 Å². The minimum atomic E-state index is -0.686. The van der Waals surface area contributed by atoms with Crippen molar-refractivity contribution >= 4 is 81.9 Å². The number of methoxy groups -OCH3 is 1. The smallest absolute Gasteiger partial charge is 0.411 e. The lowest BCUT2D eigenvalue weighted by molar-refractivity contribution is -0.137. The fraction of sp³-hybridized carbons (Fsp3) is 0.429. The Kier molecular flexibility index (Phi) is 18.3. The Bertz CT molecular complexity index is 4010. The van der Waals surface area contributed by atoms with Crippen LogP contribution < -0.4 is 24.3 Å². The second-order valence-electron chi connectivity index (χ2n) is 26.3. The number of rotatable bonds is 13. The van der Waals surface area contributed by atoms with Crippen LogP contribution in [0.2, 0.25) is 0 Å². The maximum absolute atomic E-state index is 13.6. The number of aromatic nitrogens is 4. The van der Waals surface area contributed by atoms with Crippen molar-refractivity contribution in [3.8, 4) is 68.5 Å². The first-order valence-corrected chi connectivity index (χ1v) is 35.4. The van der Waals surface area contributed by atoms with Gasteiger partial charge in [-0.2, -0.15) is 0 Å². The molecular weight excluding hydrogens is 1240 g/mol. The Morgan fingerprint density at radius 2 is 1.01 bits per heavy atom. The topological polar surface area (TPSA) is 227 Å². The number of hydrogen-bond acceptors (Lipinski definition) is 17. The normalized spacial score (nSPS) is 20.3. The van der Waals surface area contributed by atoms with E-state index in [-0.39, 0.29) is 53.8 Å². The molecule has 7 aliphatic heterocycles. The van der Waals surface area contributed by atoms with Crippen molar-refractivity contribution in [1.29, 1.82) is 0 Å². The van der Waals surface area contributed by atoms with E-state index in [1.54, 1.807) is 40.2 Å². The summed E-state index contributed by atoms with van der Waals surface area (Å²) in [5, 5.41) is 2.70. The average Bonchev–Trinajstić information content (AvgIpc) is 1.31. The van der Waals surface area contributed by atoms with Crippen molar-refractivity contribution in [2.75, 3.05) is 42.0 Å². The van der Waals surface area contributed by atoms with Gasteiger partial charge in [-0.3, -0.25) is 24.5 Å². The zero-order valence-electron chi connectivity index (χ0n) is 53.8. The van der Waals surface area contributed by atoms with Crippen LogP contribution in [0.3, 0.4) is 0 Å². The highest BCUT2D eigenvalue weighted by Crippen LogP contribution is 2.50. The monoisotopic (exact) mass is 1310 g/mol. The van der Waals surface area contributed by atoms with Gasteiger partial charge in [0.15, 0.2) is 46.0 Å². The third-order valence-electron chi connectivity index (χ3n) is 18.2. The Balaban J connectivity index is 0.000000174. The molecule has 4 fully saturated rings. The number of aliphatic imine (C=N–C) groups is 2. The summed E-state index contributed by atoms with van der Waals surface area (Å²) < 4.78 is 35.6. The number of hydrogen-bond donors (Lipinski definition) is 3. The molecule has 4 aromatic carbocycles. The van der Waals surface area contributed by atoms with Crippen molar-refractivity contribution < 1.29 is 47.6 Å². The van der Waals surface area contributed by atoms with Crippen molar-refractivity contribution in [2.24, 2.45) is 27.7 Å². The molecule has 4 amide bonds. The van der Waals surface area contributed by atoms with E-state index in [0.717, 1.165) is 85.1 Å². The average molecular weight is 1320 g/mol. The second-order valence-corrected chi connectivity index (χ2v) is 29.3. The first-order valence-electron chi connectivity index (χ1n) is 31.9. The van der Waals surface area contributed by atoms with E-state index in [4.69, 9.17) is 38.4 Å². The van der Waals surface area contributed by atoms with Gasteiger partial charge >= 0.3 is 12.2 Å². The van der Waals surface area contributed by atoms with Crippen molar-refractivity contribution in [1.82, 2.24) is 40.0 Å². The molecule has 0 radical (unpaired) electrons. The lowest BCUT2D eigenvalue weighted by Crippen LogP contribution is -2.54. The van der Waals surface area contributed by atoms with Crippen LogP contribution in [0.5, 0.6) is 46.0 Å². The molecule has 23 heteroatoms. The van der Waals surface area contributed by atoms with E-state index in [2.05, 4.69) is 39.1 Å². The van der Waals surface area contributed by atoms with Crippen LogP contribution in [0.25, 0.3) is 33.7 Å². The Morgan fingerprint density at radius 3 is 1.49 bits per heavy atom. The molecule has 1 saturated carbocycles. The first-order chi connectivity index (χ1) is 44.8. The number of amides is 4. The van der Waals surface area contributed by atoms with Gasteiger partial charge in [0.05, 0.1) is 66.6 Å². The molecule has 14 rings (SSSR count). The first kappa shape index (κ1) is 63.6. The largest absolute Gasteiger partial charge is 0.453 e. The summed E-state index contributed by atoms with van der Waals surface area (Å²) in [6, 6.07) is 22.7. The van der Waals surface area contributed by atoms with Crippen LogP contribution in [-0.4, -0.2) is 136 Å². The van der Waals surface area contributed by atoms with Gasteiger partial charge in [-0.15, -0.1) is 35.3 Å². The van der Waals surface area contributed by atoms with Gasteiger partial charge in [-0.05, 0) is 128 Å². The number of imidazole rings is 2. The van der Waals surface area contributed by atoms with Crippen LogP contribution >= 0.6 is 35.3 Å². The molecular formula is C70H78N10O10S3. The molecule has 9 heterocycles. The standard InChI is InChI=1S/C38H44N6O6S2.C32H34N4O4S/c1-20(2)22(5)36(45)44-19-52-17-29(44)35-40-15-27(41-35)24-8-10-31-33(13-24)50-30-9-7-23(12-32(30)49-31)25-11-26(39-14-25)28-16-51-18-43(28)37(46)34(21(3)4)42-38(47)48-6;1-32(2,3)40-31(37)36-18-41-17-25(36)23-12-22(15-33-23)20-8-10-26-28(13-20)38-27-11-9-21(14-29(27)39-26)24-16-34-30(35-24)19-6-4-5-7-19/h7-10,12-15,20-22,28-29,34H,11,16-19H2,1-6H3,(H,40,41)(H,42,47);8-11,13-16,19,25H,4-7,12,17-18H2,1-3H3,(H,34,35)/t22-,28-,29-,34-;25-/m01/s1. The highest BCUT2D eigenvalue weighted by Gasteiger charge is 2.41. The number of nitrogens with one attached hydrogen (secondary N) is 3. The van der Waals surface area contributed by atoms with Gasteiger partial charge in [0.1, 0.15) is 23.3 Å². The van der Waals surface area contributed by atoms with Gasteiger partial charge in [0.25, 0.3) is 0 Å². The van der Waals surface area contributed by atoms with Gasteiger partial charge < -0.3 is 53.5 Å². The third kappa shape index (κ3) is 13.5. The van der Waals surface area contributed by atoms with E-state index < -0.39 is 17.7 Å². The summed E-state index contributed by atoms with van der Waals surface area (Å²) in [5.74, 6) is 11.9. The quantitative estimate of drug-likeness (QED) is 0.0975. The number of alkyl carbamates (subject to hydrolysis) is 1. The Hall–Kier alpha value is -8.15. The molecule has 5 atom stereocenters. The van der Waals surface area contributed by atoms with E-state index in [9.17, 15) is 19.2 Å².